The summed E-state index contributed by atoms with van der Waals surface area (Å²) in [6, 6.07) is 1.92. The second kappa shape index (κ2) is 8.75. The van der Waals surface area contributed by atoms with Crippen LogP contribution in [0, 0.1) is 23.3 Å². The Hall–Kier alpha value is -2.80. The third-order valence-corrected chi connectivity index (χ3v) is 5.80. The number of halogens is 5. The molecular formula is C18H18F5N5O2S. The lowest BCUT2D eigenvalue weighted by Crippen LogP contribution is -2.39. The molecule has 1 fully saturated rings. The fourth-order valence-corrected chi connectivity index (χ4v) is 4.03. The molecule has 168 valence electrons. The number of piperidine rings is 1. The number of hydrogen-bond acceptors (Lipinski definition) is 5. The van der Waals surface area contributed by atoms with Gasteiger partial charge in [0.05, 0.1) is 23.5 Å². The fraction of sp³-hybridized carbons (Fsp3) is 0.333. The minimum absolute atomic E-state index is 0.0405. The zero-order chi connectivity index (χ0) is 22.9. The highest BCUT2D eigenvalue weighted by molar-refractivity contribution is 7.88. The van der Waals surface area contributed by atoms with E-state index >= 15 is 0 Å². The molecule has 1 aromatic carbocycles. The molecule has 1 saturated heterocycles. The molecular weight excluding hydrogens is 445 g/mol. The largest absolute Gasteiger partial charge is 0.367 e. The summed E-state index contributed by atoms with van der Waals surface area (Å²) < 4.78 is 90.9. The summed E-state index contributed by atoms with van der Waals surface area (Å²) in [4.78, 5) is 3.65. The Morgan fingerprint density at radius 3 is 2.29 bits per heavy atom. The van der Waals surface area contributed by atoms with Crippen LogP contribution in [-0.2, 0) is 10.0 Å². The monoisotopic (exact) mass is 463 g/mol. The Morgan fingerprint density at radius 2 is 1.74 bits per heavy atom. The van der Waals surface area contributed by atoms with E-state index in [1.165, 1.54) is 10.5 Å². The number of nitrogen functional groups attached to an aromatic ring is 1. The van der Waals surface area contributed by atoms with Crippen LogP contribution in [0.25, 0.3) is 16.8 Å². The Balaban J connectivity index is 0.000000210. The number of sulfonamides is 1. The molecule has 0 aliphatic carbocycles. The van der Waals surface area contributed by atoms with Gasteiger partial charge in [-0.2, -0.15) is 4.31 Å². The standard InChI is InChI=1S/C12H6F4N4.C6H12FNO2S/c13-5-1-7(14)10(8(15)2-5)11-9(16)3-6-4-18-12(17)19-20(6)11;1-11(9,10)8-4-2-3-6(7)5-8/h1-4H,(H2,17,19);6H,2-5H2,1H3. The summed E-state index contributed by atoms with van der Waals surface area (Å²) >= 11 is 0. The predicted molar refractivity (Wildman–Crippen MR) is 103 cm³/mol. The van der Waals surface area contributed by atoms with Crippen molar-refractivity contribution in [2.24, 2.45) is 0 Å². The molecule has 0 amide bonds. The van der Waals surface area contributed by atoms with Crippen molar-refractivity contribution in [2.45, 2.75) is 19.0 Å². The quantitative estimate of drug-likeness (QED) is 0.590. The third-order valence-electron chi connectivity index (χ3n) is 4.53. The molecule has 0 bridgehead atoms. The zero-order valence-electron chi connectivity index (χ0n) is 16.2. The molecule has 1 unspecified atom stereocenters. The van der Waals surface area contributed by atoms with E-state index in [0.717, 1.165) is 16.8 Å². The summed E-state index contributed by atoms with van der Waals surface area (Å²) in [5.41, 5.74) is 4.33. The highest BCUT2D eigenvalue weighted by Crippen LogP contribution is 2.30. The van der Waals surface area contributed by atoms with Gasteiger partial charge in [0.15, 0.2) is 5.82 Å². The minimum atomic E-state index is -3.17. The number of nitrogens with two attached hydrogens (primary N) is 1. The van der Waals surface area contributed by atoms with Crippen LogP contribution in [0.1, 0.15) is 12.8 Å². The number of benzene rings is 1. The summed E-state index contributed by atoms with van der Waals surface area (Å²) in [6.45, 7) is 0.512. The molecule has 1 atom stereocenters. The average molecular weight is 463 g/mol. The molecule has 2 N–H and O–H groups in total. The van der Waals surface area contributed by atoms with E-state index in [-0.39, 0.29) is 18.0 Å². The molecule has 2 aromatic heterocycles. The summed E-state index contributed by atoms with van der Waals surface area (Å²) in [5, 5.41) is 3.69. The van der Waals surface area contributed by atoms with Crippen LogP contribution in [0.15, 0.2) is 24.4 Å². The van der Waals surface area contributed by atoms with E-state index in [1.54, 1.807) is 0 Å². The molecule has 31 heavy (non-hydrogen) atoms. The summed E-state index contributed by atoms with van der Waals surface area (Å²) in [5.74, 6) is -4.69. The van der Waals surface area contributed by atoms with Crippen molar-refractivity contribution in [1.29, 1.82) is 0 Å². The number of hydrogen-bond donors (Lipinski definition) is 1. The summed E-state index contributed by atoms with van der Waals surface area (Å²) in [6.07, 6.45) is 2.47. The highest BCUT2D eigenvalue weighted by Gasteiger charge is 2.25. The van der Waals surface area contributed by atoms with Gasteiger partial charge < -0.3 is 5.73 Å². The van der Waals surface area contributed by atoms with Crippen molar-refractivity contribution >= 4 is 21.5 Å². The zero-order valence-corrected chi connectivity index (χ0v) is 17.0. The van der Waals surface area contributed by atoms with E-state index in [4.69, 9.17) is 5.73 Å². The van der Waals surface area contributed by atoms with Gasteiger partial charge in [0, 0.05) is 31.3 Å². The first-order chi connectivity index (χ1) is 14.5. The molecule has 7 nitrogen and oxygen atoms in total. The third kappa shape index (κ3) is 5.10. The molecule has 3 heterocycles. The van der Waals surface area contributed by atoms with Gasteiger partial charge in [-0.15, -0.1) is 5.10 Å². The molecule has 0 saturated carbocycles. The van der Waals surface area contributed by atoms with Gasteiger partial charge in [0.2, 0.25) is 16.0 Å². The normalized spacial score (nSPS) is 17.4. The Morgan fingerprint density at radius 1 is 1.10 bits per heavy atom. The molecule has 3 aromatic rings. The lowest BCUT2D eigenvalue weighted by Gasteiger charge is -2.26. The Kier molecular flexibility index (Phi) is 6.46. The predicted octanol–water partition coefficient (Wildman–Crippen LogP) is 2.91. The number of fused-ring (bicyclic) bond motifs is 1. The van der Waals surface area contributed by atoms with E-state index < -0.39 is 50.7 Å². The number of nitrogens with zero attached hydrogens (tertiary/aromatic N) is 4. The minimum Gasteiger partial charge on any atom is -0.367 e. The summed E-state index contributed by atoms with van der Waals surface area (Å²) in [7, 11) is -3.17. The average Bonchev–Trinajstić information content (AvgIpc) is 2.96. The number of rotatable bonds is 2. The van der Waals surface area contributed by atoms with E-state index in [2.05, 4.69) is 10.1 Å². The topological polar surface area (TPSA) is 93.6 Å². The van der Waals surface area contributed by atoms with Crippen molar-refractivity contribution < 1.29 is 30.4 Å². The van der Waals surface area contributed by atoms with Gasteiger partial charge in [0.1, 0.15) is 29.3 Å². The van der Waals surface area contributed by atoms with Crippen LogP contribution in [0.2, 0.25) is 0 Å². The van der Waals surface area contributed by atoms with Crippen LogP contribution in [-0.4, -0.2) is 52.8 Å². The maximum atomic E-state index is 13.9. The van der Waals surface area contributed by atoms with Crippen molar-refractivity contribution in [1.82, 2.24) is 18.9 Å². The first kappa shape index (κ1) is 22.9. The van der Waals surface area contributed by atoms with Crippen LogP contribution < -0.4 is 5.73 Å². The second-order valence-corrected chi connectivity index (χ2v) is 8.88. The SMILES string of the molecule is CS(=O)(=O)N1CCCC(F)C1.Nc1ncc2cc(F)c(-c3c(F)cc(F)cc3F)n2n1. The van der Waals surface area contributed by atoms with E-state index in [0.29, 0.717) is 31.5 Å². The smallest absolute Gasteiger partial charge is 0.238 e. The van der Waals surface area contributed by atoms with Gasteiger partial charge in [0.25, 0.3) is 0 Å². The maximum Gasteiger partial charge on any atom is 0.238 e. The van der Waals surface area contributed by atoms with E-state index in [1.807, 2.05) is 0 Å². The van der Waals surface area contributed by atoms with Gasteiger partial charge in [-0.3, -0.25) is 0 Å². The Bertz CT molecular complexity index is 1190. The molecule has 0 radical (unpaired) electrons. The molecule has 1 aliphatic heterocycles. The molecule has 0 spiro atoms. The van der Waals surface area contributed by atoms with Crippen molar-refractivity contribution in [3.63, 3.8) is 0 Å². The highest BCUT2D eigenvalue weighted by atomic mass is 32.2. The Labute approximate surface area is 174 Å². The maximum absolute atomic E-state index is 13.9. The van der Waals surface area contributed by atoms with Crippen molar-refractivity contribution in [3.8, 4) is 11.3 Å². The van der Waals surface area contributed by atoms with Crippen LogP contribution in [0.3, 0.4) is 0 Å². The lowest BCUT2D eigenvalue weighted by molar-refractivity contribution is 0.203. The van der Waals surface area contributed by atoms with Gasteiger partial charge in [-0.25, -0.2) is 39.9 Å². The first-order valence-corrected chi connectivity index (χ1v) is 10.9. The van der Waals surface area contributed by atoms with E-state index in [9.17, 15) is 30.4 Å². The van der Waals surface area contributed by atoms with Gasteiger partial charge >= 0.3 is 0 Å². The first-order valence-electron chi connectivity index (χ1n) is 9.01. The number of anilines is 1. The lowest BCUT2D eigenvalue weighted by atomic mass is 10.1. The molecule has 4 rings (SSSR count). The molecule has 13 heteroatoms. The number of aromatic nitrogens is 3. The van der Waals surface area contributed by atoms with Gasteiger partial charge in [-0.1, -0.05) is 0 Å². The van der Waals surface area contributed by atoms with Crippen molar-refractivity contribution in [2.75, 3.05) is 25.1 Å². The van der Waals surface area contributed by atoms with Crippen LogP contribution >= 0.6 is 0 Å². The van der Waals surface area contributed by atoms with Gasteiger partial charge in [-0.05, 0) is 12.8 Å². The molecule has 1 aliphatic rings. The second-order valence-electron chi connectivity index (χ2n) is 6.90. The van der Waals surface area contributed by atoms with Crippen LogP contribution in [0.5, 0.6) is 0 Å². The van der Waals surface area contributed by atoms with Crippen molar-refractivity contribution in [3.05, 3.63) is 47.7 Å². The number of alkyl halides is 1. The van der Waals surface area contributed by atoms with Crippen LogP contribution in [0.4, 0.5) is 27.9 Å². The fourth-order valence-electron chi connectivity index (χ4n) is 3.14.